The normalized spacial score (nSPS) is 7.77. The number of rotatable bonds is 1. The highest BCUT2D eigenvalue weighted by Crippen LogP contribution is 1.97. The monoisotopic (exact) mass is 178 g/mol. The van der Waals surface area contributed by atoms with Gasteiger partial charge >= 0.3 is 6.03 Å². The molecule has 1 aromatic carbocycles. The standard InChI is InChI=1S/C8H8.C2H6N2O/c1-2-8-6-4-3-5-7-8;1-4-2(3)5/h2-7H,1H2;1H3,(H3,3,4,5). The van der Waals surface area contributed by atoms with Crippen molar-refractivity contribution in [2.45, 2.75) is 0 Å². The third kappa shape index (κ3) is 6.62. The van der Waals surface area contributed by atoms with Crippen molar-refractivity contribution < 1.29 is 4.79 Å². The number of nitrogens with two attached hydrogens (primary N) is 1. The minimum atomic E-state index is -0.495. The first-order valence-corrected chi connectivity index (χ1v) is 3.85. The first kappa shape index (κ1) is 11.2. The number of primary amides is 1. The molecule has 3 N–H and O–H groups in total. The van der Waals surface area contributed by atoms with E-state index >= 15 is 0 Å². The van der Waals surface area contributed by atoms with Crippen molar-refractivity contribution in [1.82, 2.24) is 5.32 Å². The van der Waals surface area contributed by atoms with Crippen LogP contribution in [0.5, 0.6) is 0 Å². The van der Waals surface area contributed by atoms with E-state index in [0.29, 0.717) is 0 Å². The Kier molecular flexibility index (Phi) is 5.97. The first-order valence-electron chi connectivity index (χ1n) is 3.85. The predicted octanol–water partition coefficient (Wildman–Crippen LogP) is 1.61. The number of amides is 2. The van der Waals surface area contributed by atoms with E-state index in [4.69, 9.17) is 0 Å². The van der Waals surface area contributed by atoms with E-state index in [2.05, 4.69) is 17.6 Å². The van der Waals surface area contributed by atoms with Crippen molar-refractivity contribution in [2.75, 3.05) is 7.05 Å². The minimum absolute atomic E-state index is 0.495. The lowest BCUT2D eigenvalue weighted by molar-refractivity contribution is 0.251. The molecular formula is C10H14N2O. The fourth-order valence-corrected chi connectivity index (χ4v) is 0.589. The van der Waals surface area contributed by atoms with Crippen LogP contribution in [0.15, 0.2) is 36.9 Å². The number of nitrogens with one attached hydrogen (secondary N) is 1. The maximum absolute atomic E-state index is 9.48. The topological polar surface area (TPSA) is 55.1 Å². The third-order valence-electron chi connectivity index (χ3n) is 1.28. The molecule has 0 atom stereocenters. The molecule has 13 heavy (non-hydrogen) atoms. The summed E-state index contributed by atoms with van der Waals surface area (Å²) in [5.41, 5.74) is 5.72. The molecule has 0 aromatic heterocycles. The van der Waals surface area contributed by atoms with Crippen LogP contribution in [-0.2, 0) is 0 Å². The van der Waals surface area contributed by atoms with Crippen LogP contribution >= 0.6 is 0 Å². The highest BCUT2D eigenvalue weighted by molar-refractivity contribution is 5.71. The van der Waals surface area contributed by atoms with Gasteiger partial charge in [-0.3, -0.25) is 0 Å². The third-order valence-corrected chi connectivity index (χ3v) is 1.28. The van der Waals surface area contributed by atoms with Gasteiger partial charge < -0.3 is 11.1 Å². The van der Waals surface area contributed by atoms with Crippen molar-refractivity contribution in [3.05, 3.63) is 42.5 Å². The smallest absolute Gasteiger partial charge is 0.311 e. The molecule has 0 unspecified atom stereocenters. The van der Waals surface area contributed by atoms with Crippen LogP contribution in [-0.4, -0.2) is 13.1 Å². The average Bonchev–Trinajstić information content (AvgIpc) is 2.20. The Morgan fingerprint density at radius 3 is 2.15 bits per heavy atom. The first-order chi connectivity index (χ1) is 6.20. The quantitative estimate of drug-likeness (QED) is 0.674. The number of carbonyl (C=O) groups is 1. The molecule has 0 aliphatic rings. The van der Waals surface area contributed by atoms with E-state index in [1.54, 1.807) is 0 Å². The van der Waals surface area contributed by atoms with E-state index in [1.807, 2.05) is 36.4 Å². The molecule has 1 rings (SSSR count). The molecule has 3 heteroatoms. The Morgan fingerprint density at radius 2 is 1.92 bits per heavy atom. The molecular weight excluding hydrogens is 164 g/mol. The number of benzene rings is 1. The number of carbonyl (C=O) groups excluding carboxylic acids is 1. The molecule has 0 aliphatic carbocycles. The van der Waals surface area contributed by atoms with Gasteiger partial charge in [-0.25, -0.2) is 4.79 Å². The maximum atomic E-state index is 9.48. The molecule has 0 radical (unpaired) electrons. The van der Waals surface area contributed by atoms with Gasteiger partial charge in [-0.15, -0.1) is 0 Å². The Balaban J connectivity index is 0.000000252. The van der Waals surface area contributed by atoms with Gasteiger partial charge in [0.1, 0.15) is 0 Å². The molecule has 0 aliphatic heterocycles. The Labute approximate surface area is 78.3 Å². The SMILES string of the molecule is C=Cc1ccccc1.CNC(N)=O. The van der Waals surface area contributed by atoms with Gasteiger partial charge in [0.25, 0.3) is 0 Å². The summed E-state index contributed by atoms with van der Waals surface area (Å²) < 4.78 is 0. The molecule has 3 nitrogen and oxygen atoms in total. The molecule has 0 bridgehead atoms. The summed E-state index contributed by atoms with van der Waals surface area (Å²) in [6, 6.07) is 9.53. The Bertz CT molecular complexity index is 257. The number of hydrogen-bond donors (Lipinski definition) is 2. The Morgan fingerprint density at radius 1 is 1.46 bits per heavy atom. The van der Waals surface area contributed by atoms with E-state index in [9.17, 15) is 4.79 Å². The van der Waals surface area contributed by atoms with Gasteiger partial charge in [-0.05, 0) is 5.56 Å². The lowest BCUT2D eigenvalue weighted by atomic mass is 10.2. The van der Waals surface area contributed by atoms with E-state index in [-0.39, 0.29) is 0 Å². The highest BCUT2D eigenvalue weighted by atomic mass is 16.2. The van der Waals surface area contributed by atoms with Crippen LogP contribution in [0.25, 0.3) is 6.08 Å². The second-order valence-corrected chi connectivity index (χ2v) is 2.23. The zero-order chi connectivity index (χ0) is 10.1. The molecule has 0 saturated heterocycles. The van der Waals surface area contributed by atoms with Crippen LogP contribution in [0.2, 0.25) is 0 Å². The summed E-state index contributed by atoms with van der Waals surface area (Å²) in [5, 5.41) is 2.17. The summed E-state index contributed by atoms with van der Waals surface area (Å²) in [7, 11) is 1.47. The average molecular weight is 178 g/mol. The van der Waals surface area contributed by atoms with Crippen molar-refractivity contribution in [3.8, 4) is 0 Å². The van der Waals surface area contributed by atoms with Crippen LogP contribution in [0.1, 0.15) is 5.56 Å². The molecule has 2 amide bonds. The zero-order valence-corrected chi connectivity index (χ0v) is 7.66. The van der Waals surface area contributed by atoms with Crippen molar-refractivity contribution >= 4 is 12.1 Å². The predicted molar refractivity (Wildman–Crippen MR) is 55.2 cm³/mol. The van der Waals surface area contributed by atoms with Crippen molar-refractivity contribution in [1.29, 1.82) is 0 Å². The van der Waals surface area contributed by atoms with Crippen LogP contribution < -0.4 is 11.1 Å². The Hall–Kier alpha value is -1.77. The molecule has 1 aromatic rings. The van der Waals surface area contributed by atoms with E-state index < -0.39 is 6.03 Å². The lowest BCUT2D eigenvalue weighted by Crippen LogP contribution is -2.24. The van der Waals surface area contributed by atoms with Crippen molar-refractivity contribution in [2.24, 2.45) is 5.73 Å². The zero-order valence-electron chi connectivity index (χ0n) is 7.66. The molecule has 0 heterocycles. The van der Waals surface area contributed by atoms with Crippen LogP contribution in [0, 0.1) is 0 Å². The van der Waals surface area contributed by atoms with E-state index in [1.165, 1.54) is 12.6 Å². The number of hydrogen-bond acceptors (Lipinski definition) is 1. The second-order valence-electron chi connectivity index (χ2n) is 2.23. The second kappa shape index (κ2) is 6.91. The largest absolute Gasteiger partial charge is 0.352 e. The van der Waals surface area contributed by atoms with Gasteiger partial charge in [0, 0.05) is 7.05 Å². The number of urea groups is 1. The summed E-state index contributed by atoms with van der Waals surface area (Å²) in [5.74, 6) is 0. The van der Waals surface area contributed by atoms with E-state index in [0.717, 1.165) is 0 Å². The molecule has 0 fully saturated rings. The van der Waals surface area contributed by atoms with Crippen LogP contribution in [0.3, 0.4) is 0 Å². The fourth-order valence-electron chi connectivity index (χ4n) is 0.589. The van der Waals surface area contributed by atoms with Gasteiger partial charge in [0.15, 0.2) is 0 Å². The molecule has 0 spiro atoms. The lowest BCUT2D eigenvalue weighted by Gasteiger charge is -1.85. The van der Waals surface area contributed by atoms with Crippen LogP contribution in [0.4, 0.5) is 4.79 Å². The minimum Gasteiger partial charge on any atom is -0.352 e. The maximum Gasteiger partial charge on any atom is 0.311 e. The highest BCUT2D eigenvalue weighted by Gasteiger charge is 1.75. The van der Waals surface area contributed by atoms with Gasteiger partial charge in [-0.2, -0.15) is 0 Å². The summed E-state index contributed by atoms with van der Waals surface area (Å²) in [4.78, 5) is 9.48. The summed E-state index contributed by atoms with van der Waals surface area (Å²) in [6.07, 6.45) is 1.83. The molecule has 0 saturated carbocycles. The fraction of sp³-hybridized carbons (Fsp3) is 0.100. The van der Waals surface area contributed by atoms with Gasteiger partial charge in [-0.1, -0.05) is 43.0 Å². The van der Waals surface area contributed by atoms with Crippen molar-refractivity contribution in [3.63, 3.8) is 0 Å². The van der Waals surface area contributed by atoms with Gasteiger partial charge in [0.05, 0.1) is 0 Å². The summed E-state index contributed by atoms with van der Waals surface area (Å²) in [6.45, 7) is 3.63. The summed E-state index contributed by atoms with van der Waals surface area (Å²) >= 11 is 0. The van der Waals surface area contributed by atoms with Gasteiger partial charge in [0.2, 0.25) is 0 Å². The molecule has 70 valence electrons.